The first-order chi connectivity index (χ1) is 9.58. The summed E-state index contributed by atoms with van der Waals surface area (Å²) in [5, 5.41) is 0.713. The summed E-state index contributed by atoms with van der Waals surface area (Å²) in [6.45, 7) is 0. The third kappa shape index (κ3) is 3.69. The molecule has 20 heavy (non-hydrogen) atoms. The number of hydrogen-bond acceptors (Lipinski definition) is 2. The molecule has 0 N–H and O–H groups in total. The van der Waals surface area contributed by atoms with Gasteiger partial charge in [-0.1, -0.05) is 54.1 Å². The van der Waals surface area contributed by atoms with Crippen LogP contribution >= 0.6 is 11.6 Å². The van der Waals surface area contributed by atoms with Crippen LogP contribution < -0.4 is 0 Å². The van der Waals surface area contributed by atoms with E-state index in [1.165, 1.54) is 0 Å². The third-order valence-electron chi connectivity index (χ3n) is 3.33. The van der Waals surface area contributed by atoms with E-state index in [1.807, 2.05) is 73.6 Å². The van der Waals surface area contributed by atoms with Crippen molar-refractivity contribution in [3.05, 3.63) is 70.7 Å². The van der Waals surface area contributed by atoms with Crippen LogP contribution in [0.1, 0.15) is 15.9 Å². The number of benzene rings is 2. The first-order valence-corrected chi connectivity index (χ1v) is 6.96. The average Bonchev–Trinajstić information content (AvgIpc) is 2.46. The second-order valence-electron chi connectivity index (χ2n) is 5.04. The fourth-order valence-electron chi connectivity index (χ4n) is 2.15. The Kier molecular flexibility index (Phi) is 4.94. The maximum absolute atomic E-state index is 12.6. The first-order valence-electron chi connectivity index (χ1n) is 6.58. The number of carbonyl (C=O) groups excluding carboxylic acids is 1. The van der Waals surface area contributed by atoms with Gasteiger partial charge in [0.1, 0.15) is 0 Å². The molecule has 0 radical (unpaired) electrons. The van der Waals surface area contributed by atoms with E-state index in [0.717, 1.165) is 11.1 Å². The zero-order valence-corrected chi connectivity index (χ0v) is 12.5. The number of rotatable bonds is 5. The Balaban J connectivity index is 2.19. The molecule has 0 saturated carbocycles. The molecule has 0 saturated heterocycles. The van der Waals surface area contributed by atoms with Gasteiger partial charge in [0, 0.05) is 10.6 Å². The van der Waals surface area contributed by atoms with E-state index in [2.05, 4.69) is 0 Å². The molecule has 104 valence electrons. The van der Waals surface area contributed by atoms with Crippen LogP contribution in [0.15, 0.2) is 54.6 Å². The minimum atomic E-state index is -0.168. The molecule has 0 heterocycles. The zero-order chi connectivity index (χ0) is 14.5. The monoisotopic (exact) mass is 287 g/mol. The predicted molar refractivity (Wildman–Crippen MR) is 83.4 cm³/mol. The molecule has 0 fully saturated rings. The molecule has 0 aromatic heterocycles. The molecule has 0 amide bonds. The quantitative estimate of drug-likeness (QED) is 0.782. The van der Waals surface area contributed by atoms with Gasteiger partial charge in [-0.3, -0.25) is 9.69 Å². The SMILES string of the molecule is CN(C)[C@@H](Cc1ccc(Cl)cc1)C(=O)c1ccccc1. The summed E-state index contributed by atoms with van der Waals surface area (Å²) in [5.41, 5.74) is 1.86. The van der Waals surface area contributed by atoms with E-state index in [0.29, 0.717) is 11.4 Å². The molecular formula is C17H18ClNO. The van der Waals surface area contributed by atoms with Gasteiger partial charge in [0.2, 0.25) is 0 Å². The van der Waals surface area contributed by atoms with Crippen molar-refractivity contribution in [2.24, 2.45) is 0 Å². The van der Waals surface area contributed by atoms with Gasteiger partial charge >= 0.3 is 0 Å². The smallest absolute Gasteiger partial charge is 0.180 e. The number of halogens is 1. The summed E-state index contributed by atoms with van der Waals surface area (Å²) in [6.07, 6.45) is 0.678. The summed E-state index contributed by atoms with van der Waals surface area (Å²) < 4.78 is 0. The standard InChI is InChI=1S/C17H18ClNO/c1-19(2)16(12-13-8-10-15(18)11-9-13)17(20)14-6-4-3-5-7-14/h3-11,16H,12H2,1-2H3/t16-/m0/s1. The zero-order valence-electron chi connectivity index (χ0n) is 11.7. The minimum absolute atomic E-state index is 0.144. The van der Waals surface area contributed by atoms with Crippen molar-refractivity contribution in [3.8, 4) is 0 Å². The van der Waals surface area contributed by atoms with Crippen LogP contribution in [-0.2, 0) is 6.42 Å². The number of likely N-dealkylation sites (N-methyl/N-ethyl adjacent to an activating group) is 1. The lowest BCUT2D eigenvalue weighted by molar-refractivity contribution is 0.0875. The summed E-state index contributed by atoms with van der Waals surface area (Å²) in [6, 6.07) is 16.9. The molecule has 2 aromatic carbocycles. The molecule has 2 nitrogen and oxygen atoms in total. The van der Waals surface area contributed by atoms with Crippen molar-refractivity contribution in [2.45, 2.75) is 12.5 Å². The molecule has 0 unspecified atom stereocenters. The van der Waals surface area contributed by atoms with Crippen LogP contribution in [-0.4, -0.2) is 30.8 Å². The van der Waals surface area contributed by atoms with E-state index in [1.54, 1.807) is 0 Å². The van der Waals surface area contributed by atoms with E-state index in [9.17, 15) is 4.79 Å². The number of ketones is 1. The van der Waals surface area contributed by atoms with Crippen molar-refractivity contribution in [1.82, 2.24) is 4.90 Å². The molecule has 2 aromatic rings. The van der Waals surface area contributed by atoms with Crippen LogP contribution in [0, 0.1) is 0 Å². The Bertz CT molecular complexity index is 563. The number of Topliss-reactive ketones (excluding diaryl/α,β-unsaturated/α-hetero) is 1. The molecule has 0 aliphatic carbocycles. The van der Waals surface area contributed by atoms with Crippen LogP contribution in [0.3, 0.4) is 0 Å². The van der Waals surface area contributed by atoms with Gasteiger partial charge in [0.25, 0.3) is 0 Å². The van der Waals surface area contributed by atoms with E-state index < -0.39 is 0 Å². The summed E-state index contributed by atoms with van der Waals surface area (Å²) in [5.74, 6) is 0.144. The Morgan fingerprint density at radius 2 is 1.65 bits per heavy atom. The lowest BCUT2D eigenvalue weighted by Crippen LogP contribution is -2.37. The molecule has 2 rings (SSSR count). The van der Waals surface area contributed by atoms with Crippen molar-refractivity contribution in [2.75, 3.05) is 14.1 Å². The van der Waals surface area contributed by atoms with Gasteiger partial charge in [-0.25, -0.2) is 0 Å². The van der Waals surface area contributed by atoms with E-state index >= 15 is 0 Å². The van der Waals surface area contributed by atoms with Crippen LogP contribution in [0.5, 0.6) is 0 Å². The van der Waals surface area contributed by atoms with Gasteiger partial charge in [0.05, 0.1) is 6.04 Å². The van der Waals surface area contributed by atoms with Crippen LogP contribution in [0.2, 0.25) is 5.02 Å². The van der Waals surface area contributed by atoms with Gasteiger partial charge < -0.3 is 0 Å². The third-order valence-corrected chi connectivity index (χ3v) is 3.58. The number of nitrogens with zero attached hydrogens (tertiary/aromatic N) is 1. The van der Waals surface area contributed by atoms with Crippen molar-refractivity contribution in [1.29, 1.82) is 0 Å². The highest BCUT2D eigenvalue weighted by Crippen LogP contribution is 2.15. The van der Waals surface area contributed by atoms with Crippen molar-refractivity contribution < 1.29 is 4.79 Å². The van der Waals surface area contributed by atoms with E-state index in [-0.39, 0.29) is 11.8 Å². The summed E-state index contributed by atoms with van der Waals surface area (Å²) in [4.78, 5) is 14.6. The number of carbonyl (C=O) groups is 1. The first kappa shape index (κ1) is 14.8. The molecule has 3 heteroatoms. The molecule has 1 atom stereocenters. The minimum Gasteiger partial charge on any atom is -0.299 e. The molecule has 0 aliphatic heterocycles. The predicted octanol–water partition coefficient (Wildman–Crippen LogP) is 3.70. The molecule has 0 bridgehead atoms. The normalized spacial score (nSPS) is 12.4. The second kappa shape index (κ2) is 6.69. The lowest BCUT2D eigenvalue weighted by atomic mass is 9.97. The fraction of sp³-hybridized carbons (Fsp3) is 0.235. The van der Waals surface area contributed by atoms with Crippen molar-refractivity contribution >= 4 is 17.4 Å². The number of hydrogen-bond donors (Lipinski definition) is 0. The molecule has 0 aliphatic rings. The maximum Gasteiger partial charge on any atom is 0.180 e. The highest BCUT2D eigenvalue weighted by molar-refractivity contribution is 6.30. The van der Waals surface area contributed by atoms with Gasteiger partial charge in [-0.15, -0.1) is 0 Å². The maximum atomic E-state index is 12.6. The Hall–Kier alpha value is -1.64. The molecular weight excluding hydrogens is 270 g/mol. The van der Waals surface area contributed by atoms with Crippen molar-refractivity contribution in [3.63, 3.8) is 0 Å². The lowest BCUT2D eigenvalue weighted by Gasteiger charge is -2.23. The van der Waals surface area contributed by atoms with Crippen LogP contribution in [0.25, 0.3) is 0 Å². The largest absolute Gasteiger partial charge is 0.299 e. The van der Waals surface area contributed by atoms with E-state index in [4.69, 9.17) is 11.6 Å². The summed E-state index contributed by atoms with van der Waals surface area (Å²) in [7, 11) is 3.86. The van der Waals surface area contributed by atoms with Crippen LogP contribution in [0.4, 0.5) is 0 Å². The Morgan fingerprint density at radius 3 is 2.20 bits per heavy atom. The average molecular weight is 288 g/mol. The fourth-order valence-corrected chi connectivity index (χ4v) is 2.27. The van der Waals surface area contributed by atoms with Gasteiger partial charge in [-0.2, -0.15) is 0 Å². The Labute approximate surface area is 125 Å². The van der Waals surface area contributed by atoms with Gasteiger partial charge in [0.15, 0.2) is 5.78 Å². The summed E-state index contributed by atoms with van der Waals surface area (Å²) >= 11 is 5.89. The highest BCUT2D eigenvalue weighted by Gasteiger charge is 2.22. The second-order valence-corrected chi connectivity index (χ2v) is 5.48. The highest BCUT2D eigenvalue weighted by atomic mass is 35.5. The topological polar surface area (TPSA) is 20.3 Å². The Morgan fingerprint density at radius 1 is 1.05 bits per heavy atom. The molecule has 0 spiro atoms. The van der Waals surface area contributed by atoms with Gasteiger partial charge in [-0.05, 0) is 38.2 Å².